The van der Waals surface area contributed by atoms with Gasteiger partial charge in [-0.25, -0.2) is 4.39 Å². The van der Waals surface area contributed by atoms with Gasteiger partial charge < -0.3 is 5.11 Å². The Balaban J connectivity index is 1.81. The second kappa shape index (κ2) is 5.23. The summed E-state index contributed by atoms with van der Waals surface area (Å²) in [6.45, 7) is 1.88. The molecular weight excluding hydrogens is 275 g/mol. The third kappa shape index (κ3) is 2.68. The van der Waals surface area contributed by atoms with Crippen LogP contribution in [0, 0.1) is 12.7 Å². The van der Waals surface area contributed by atoms with Crippen molar-refractivity contribution in [2.24, 2.45) is 0 Å². The molecule has 2 atom stereocenters. The van der Waals surface area contributed by atoms with Crippen molar-refractivity contribution in [2.45, 2.75) is 61.5 Å². The molecule has 1 aromatic carbocycles. The number of hydrogen-bond acceptors (Lipinski definition) is 2. The van der Waals surface area contributed by atoms with Crippen molar-refractivity contribution in [1.29, 1.82) is 0 Å². The van der Waals surface area contributed by atoms with E-state index in [2.05, 4.69) is 0 Å². The van der Waals surface area contributed by atoms with Crippen LogP contribution in [0.15, 0.2) is 18.2 Å². The maximum Gasteiger partial charge on any atom is 0.123 e. The van der Waals surface area contributed by atoms with E-state index < -0.39 is 16.4 Å². The fourth-order valence-electron chi connectivity index (χ4n) is 3.73. The first-order valence-electron chi connectivity index (χ1n) is 7.34. The lowest BCUT2D eigenvalue weighted by atomic mass is 9.80. The minimum Gasteiger partial charge on any atom is -0.389 e. The third-order valence-corrected chi connectivity index (χ3v) is 6.87. The summed E-state index contributed by atoms with van der Waals surface area (Å²) in [4.78, 5) is 0. The van der Waals surface area contributed by atoms with Crippen molar-refractivity contribution in [3.63, 3.8) is 0 Å². The molecule has 2 heterocycles. The molecule has 110 valence electrons. The van der Waals surface area contributed by atoms with Crippen molar-refractivity contribution in [1.82, 2.24) is 0 Å². The molecule has 2 nitrogen and oxygen atoms in total. The van der Waals surface area contributed by atoms with E-state index in [0.717, 1.165) is 30.4 Å². The summed E-state index contributed by atoms with van der Waals surface area (Å²) in [7, 11) is -0.770. The fourth-order valence-corrected chi connectivity index (χ4v) is 6.02. The Morgan fingerprint density at radius 3 is 2.60 bits per heavy atom. The lowest BCUT2D eigenvalue weighted by molar-refractivity contribution is 0.0113. The molecule has 2 aliphatic heterocycles. The lowest BCUT2D eigenvalue weighted by Gasteiger charge is -2.43. The highest BCUT2D eigenvalue weighted by Gasteiger charge is 2.45. The van der Waals surface area contributed by atoms with Crippen LogP contribution in [0.2, 0.25) is 0 Å². The van der Waals surface area contributed by atoms with Crippen LogP contribution < -0.4 is 0 Å². The predicted octanol–water partition coefficient (Wildman–Crippen LogP) is 2.87. The molecule has 0 spiro atoms. The van der Waals surface area contributed by atoms with Crippen LogP contribution in [0.5, 0.6) is 0 Å². The van der Waals surface area contributed by atoms with Crippen LogP contribution in [0.4, 0.5) is 4.39 Å². The van der Waals surface area contributed by atoms with Crippen molar-refractivity contribution in [3.05, 3.63) is 35.1 Å². The van der Waals surface area contributed by atoms with Crippen molar-refractivity contribution < 1.29 is 13.7 Å². The van der Waals surface area contributed by atoms with Crippen LogP contribution in [0.25, 0.3) is 0 Å². The monoisotopic (exact) mass is 296 g/mol. The van der Waals surface area contributed by atoms with Gasteiger partial charge in [-0.1, -0.05) is 12.5 Å². The number of rotatable bonds is 2. The van der Waals surface area contributed by atoms with Crippen LogP contribution in [-0.4, -0.2) is 25.4 Å². The Bertz CT molecular complexity index is 527. The van der Waals surface area contributed by atoms with Gasteiger partial charge >= 0.3 is 0 Å². The first-order valence-corrected chi connectivity index (χ1v) is 8.61. The molecule has 20 heavy (non-hydrogen) atoms. The number of hydrogen-bond donors (Lipinski definition) is 1. The Morgan fingerprint density at radius 1 is 1.35 bits per heavy atom. The van der Waals surface area contributed by atoms with Gasteiger partial charge in [-0.15, -0.1) is 0 Å². The minimum atomic E-state index is -0.772. The standard InChI is InChI=1S/C16H21FO2S/c1-11-7-13(17)6-5-12(11)8-16(18)9-14-3-2-4-15(10-16)20(14)19/h5-7,14-15,18H,2-4,8-10H2,1H3. The number of aryl methyl sites for hydroxylation is 1. The van der Waals surface area contributed by atoms with E-state index in [0.29, 0.717) is 19.3 Å². The summed E-state index contributed by atoms with van der Waals surface area (Å²) in [6, 6.07) is 4.73. The molecule has 0 aliphatic carbocycles. The highest BCUT2D eigenvalue weighted by molar-refractivity contribution is 7.86. The van der Waals surface area contributed by atoms with Gasteiger partial charge in [-0.2, -0.15) is 0 Å². The van der Waals surface area contributed by atoms with Crippen LogP contribution in [-0.2, 0) is 17.2 Å². The van der Waals surface area contributed by atoms with Gasteiger partial charge in [0.2, 0.25) is 0 Å². The van der Waals surface area contributed by atoms with E-state index in [1.807, 2.05) is 6.92 Å². The molecule has 1 aromatic rings. The molecule has 0 radical (unpaired) electrons. The summed E-state index contributed by atoms with van der Waals surface area (Å²) >= 11 is 0. The van der Waals surface area contributed by atoms with Crippen molar-refractivity contribution >= 4 is 10.8 Å². The topological polar surface area (TPSA) is 37.3 Å². The van der Waals surface area contributed by atoms with E-state index in [-0.39, 0.29) is 16.3 Å². The Hall–Kier alpha value is -0.740. The van der Waals surface area contributed by atoms with Gasteiger partial charge in [0.05, 0.1) is 5.60 Å². The fraction of sp³-hybridized carbons (Fsp3) is 0.625. The second-order valence-electron chi connectivity index (χ2n) is 6.38. The quantitative estimate of drug-likeness (QED) is 0.911. The lowest BCUT2D eigenvalue weighted by Crippen LogP contribution is -2.50. The SMILES string of the molecule is Cc1cc(F)ccc1CC1(O)CC2CCCC(C1)S2=O. The zero-order valence-corrected chi connectivity index (χ0v) is 12.6. The third-order valence-electron chi connectivity index (χ3n) is 4.75. The van der Waals surface area contributed by atoms with Crippen molar-refractivity contribution in [3.8, 4) is 0 Å². The predicted molar refractivity (Wildman–Crippen MR) is 78.6 cm³/mol. The van der Waals surface area contributed by atoms with Gasteiger partial charge in [-0.3, -0.25) is 4.21 Å². The van der Waals surface area contributed by atoms with E-state index in [4.69, 9.17) is 0 Å². The van der Waals surface area contributed by atoms with Crippen LogP contribution in [0.3, 0.4) is 0 Å². The maximum atomic E-state index is 13.2. The Kier molecular flexibility index (Phi) is 3.71. The molecule has 2 bridgehead atoms. The average molecular weight is 296 g/mol. The first-order chi connectivity index (χ1) is 9.47. The van der Waals surface area contributed by atoms with Crippen LogP contribution in [0.1, 0.15) is 43.2 Å². The first kappa shape index (κ1) is 14.2. The molecular formula is C16H21FO2S. The summed E-state index contributed by atoms with van der Waals surface area (Å²) in [5, 5.41) is 11.2. The second-order valence-corrected chi connectivity index (χ2v) is 8.37. The smallest absolute Gasteiger partial charge is 0.123 e. The Morgan fingerprint density at radius 2 is 2.00 bits per heavy atom. The maximum absolute atomic E-state index is 13.2. The average Bonchev–Trinajstić information content (AvgIpc) is 2.35. The summed E-state index contributed by atoms with van der Waals surface area (Å²) in [6.07, 6.45) is 4.84. The van der Waals surface area contributed by atoms with Crippen LogP contribution >= 0.6 is 0 Å². The molecule has 2 saturated heterocycles. The molecule has 2 unspecified atom stereocenters. The highest BCUT2D eigenvalue weighted by atomic mass is 32.2. The molecule has 0 aromatic heterocycles. The van der Waals surface area contributed by atoms with E-state index in [1.54, 1.807) is 6.07 Å². The van der Waals surface area contributed by atoms with E-state index in [1.165, 1.54) is 12.1 Å². The van der Waals surface area contributed by atoms with Crippen molar-refractivity contribution in [2.75, 3.05) is 0 Å². The zero-order chi connectivity index (χ0) is 14.3. The van der Waals surface area contributed by atoms with E-state index in [9.17, 15) is 13.7 Å². The highest BCUT2D eigenvalue weighted by Crippen LogP contribution is 2.41. The number of aliphatic hydroxyl groups is 1. The molecule has 0 saturated carbocycles. The molecule has 1 N–H and O–H groups in total. The van der Waals surface area contributed by atoms with Gasteiger partial charge in [0, 0.05) is 27.7 Å². The van der Waals surface area contributed by atoms with Gasteiger partial charge in [0.1, 0.15) is 5.82 Å². The molecule has 2 aliphatic rings. The Labute approximate surface area is 121 Å². The molecule has 0 amide bonds. The van der Waals surface area contributed by atoms with E-state index >= 15 is 0 Å². The summed E-state index contributed by atoms with van der Waals surface area (Å²) < 4.78 is 25.4. The van der Waals surface area contributed by atoms with Gasteiger partial charge in [0.25, 0.3) is 0 Å². The summed E-state index contributed by atoms with van der Waals surface area (Å²) in [5.41, 5.74) is 1.11. The van der Waals surface area contributed by atoms with Gasteiger partial charge in [0.15, 0.2) is 0 Å². The normalized spacial score (nSPS) is 36.9. The van der Waals surface area contributed by atoms with Gasteiger partial charge in [-0.05, 0) is 55.9 Å². The molecule has 2 fully saturated rings. The molecule has 3 rings (SSSR count). The largest absolute Gasteiger partial charge is 0.389 e. The number of fused-ring (bicyclic) bond motifs is 2. The zero-order valence-electron chi connectivity index (χ0n) is 11.8. The number of halogens is 1. The summed E-state index contributed by atoms with van der Waals surface area (Å²) in [5.74, 6) is -0.236. The minimum absolute atomic E-state index is 0.147. The number of benzene rings is 1. The molecule has 4 heteroatoms.